The van der Waals surface area contributed by atoms with E-state index in [-0.39, 0.29) is 0 Å². The molecule has 0 aromatic rings. The van der Waals surface area contributed by atoms with Crippen LogP contribution in [0.25, 0.3) is 0 Å². The molecular formula is C14H24O7. The summed E-state index contributed by atoms with van der Waals surface area (Å²) in [5.74, 6) is 0. The van der Waals surface area contributed by atoms with Crippen molar-refractivity contribution in [1.29, 1.82) is 0 Å². The largest absolute Gasteiger partial charge is 0.516 e. The minimum atomic E-state index is -1.81. The van der Waals surface area contributed by atoms with Crippen LogP contribution in [0.15, 0.2) is 0 Å². The number of carbonyl (C=O) groups is 2. The first-order chi connectivity index (χ1) is 10.1. The van der Waals surface area contributed by atoms with Gasteiger partial charge in [-0.25, -0.2) is 19.4 Å². The molecule has 0 atom stereocenters. The van der Waals surface area contributed by atoms with Crippen LogP contribution in [0, 0.1) is 0 Å². The van der Waals surface area contributed by atoms with E-state index in [1.54, 1.807) is 0 Å². The second-order valence-electron chi connectivity index (χ2n) is 5.35. The standard InChI is InChI=1S/C12H22O2.C2H2O5/c1-3-7-11(8-4-1)13-14-12-9-5-2-6-10-12;3-1(4)7-2(5)6/h11-12H,1-10H2;(H,3,4)(H,5,6). The minimum Gasteiger partial charge on any atom is -0.449 e. The van der Waals surface area contributed by atoms with Crippen molar-refractivity contribution in [1.82, 2.24) is 0 Å². The van der Waals surface area contributed by atoms with Gasteiger partial charge < -0.3 is 14.9 Å². The molecule has 2 rings (SSSR count). The summed E-state index contributed by atoms with van der Waals surface area (Å²) in [5.41, 5.74) is 0. The van der Waals surface area contributed by atoms with Crippen LogP contribution in [0.5, 0.6) is 0 Å². The van der Waals surface area contributed by atoms with Gasteiger partial charge in [0.1, 0.15) is 0 Å². The number of ether oxygens (including phenoxy) is 1. The van der Waals surface area contributed by atoms with Crippen LogP contribution in [0.1, 0.15) is 64.2 Å². The quantitative estimate of drug-likeness (QED) is 0.352. The zero-order valence-corrected chi connectivity index (χ0v) is 12.2. The molecule has 2 N–H and O–H groups in total. The molecule has 0 aromatic carbocycles. The van der Waals surface area contributed by atoms with E-state index in [4.69, 9.17) is 20.0 Å². The summed E-state index contributed by atoms with van der Waals surface area (Å²) >= 11 is 0. The lowest BCUT2D eigenvalue weighted by molar-refractivity contribution is -0.358. The van der Waals surface area contributed by atoms with Gasteiger partial charge in [-0.1, -0.05) is 38.5 Å². The highest BCUT2D eigenvalue weighted by atomic mass is 17.2. The fraction of sp³-hybridized carbons (Fsp3) is 0.857. The fourth-order valence-electron chi connectivity index (χ4n) is 2.55. The third-order valence-corrected chi connectivity index (χ3v) is 3.61. The maximum absolute atomic E-state index is 9.21. The van der Waals surface area contributed by atoms with Gasteiger partial charge in [-0.05, 0) is 25.7 Å². The fourth-order valence-corrected chi connectivity index (χ4v) is 2.55. The molecule has 7 nitrogen and oxygen atoms in total. The lowest BCUT2D eigenvalue weighted by Crippen LogP contribution is -2.23. The molecule has 0 saturated heterocycles. The molecule has 122 valence electrons. The first-order valence-electron chi connectivity index (χ1n) is 7.53. The highest BCUT2D eigenvalue weighted by Gasteiger charge is 2.19. The summed E-state index contributed by atoms with van der Waals surface area (Å²) in [7, 11) is 0. The van der Waals surface area contributed by atoms with Crippen molar-refractivity contribution in [2.75, 3.05) is 0 Å². The first-order valence-corrected chi connectivity index (χ1v) is 7.53. The predicted molar refractivity (Wildman–Crippen MR) is 73.1 cm³/mol. The number of carboxylic acid groups (broad SMARTS) is 2. The Labute approximate surface area is 124 Å². The average Bonchev–Trinajstić information content (AvgIpc) is 2.46. The summed E-state index contributed by atoms with van der Waals surface area (Å²) in [6, 6.07) is 0. The van der Waals surface area contributed by atoms with Crippen LogP contribution in [0.2, 0.25) is 0 Å². The van der Waals surface area contributed by atoms with E-state index < -0.39 is 12.3 Å². The molecular weight excluding hydrogens is 280 g/mol. The normalized spacial score (nSPS) is 20.2. The molecule has 0 aliphatic heterocycles. The van der Waals surface area contributed by atoms with E-state index in [0.29, 0.717) is 12.2 Å². The van der Waals surface area contributed by atoms with Gasteiger partial charge in [0.2, 0.25) is 0 Å². The molecule has 7 heteroatoms. The third kappa shape index (κ3) is 9.25. The molecule has 0 heterocycles. The lowest BCUT2D eigenvalue weighted by atomic mass is 9.98. The van der Waals surface area contributed by atoms with Crippen molar-refractivity contribution < 1.29 is 34.3 Å². The van der Waals surface area contributed by atoms with Gasteiger partial charge in [0.25, 0.3) is 0 Å². The van der Waals surface area contributed by atoms with Gasteiger partial charge in [-0.3, -0.25) is 0 Å². The predicted octanol–water partition coefficient (Wildman–Crippen LogP) is 3.96. The molecule has 21 heavy (non-hydrogen) atoms. The van der Waals surface area contributed by atoms with Gasteiger partial charge in [0.05, 0.1) is 12.2 Å². The van der Waals surface area contributed by atoms with E-state index in [1.165, 1.54) is 64.2 Å². The molecule has 0 aromatic heterocycles. The van der Waals surface area contributed by atoms with Crippen LogP contribution >= 0.6 is 0 Å². The van der Waals surface area contributed by atoms with Crippen molar-refractivity contribution in [2.45, 2.75) is 76.4 Å². The van der Waals surface area contributed by atoms with Crippen molar-refractivity contribution in [3.63, 3.8) is 0 Å². The van der Waals surface area contributed by atoms with E-state index in [0.717, 1.165) is 0 Å². The van der Waals surface area contributed by atoms with E-state index >= 15 is 0 Å². The highest BCUT2D eigenvalue weighted by molar-refractivity contribution is 5.74. The zero-order chi connectivity index (χ0) is 15.5. The smallest absolute Gasteiger partial charge is 0.449 e. The minimum absolute atomic E-state index is 0.394. The Morgan fingerprint density at radius 1 is 0.667 bits per heavy atom. The Balaban J connectivity index is 0.000000270. The monoisotopic (exact) mass is 304 g/mol. The Morgan fingerprint density at radius 2 is 1.00 bits per heavy atom. The summed E-state index contributed by atoms with van der Waals surface area (Å²) < 4.78 is 3.08. The summed E-state index contributed by atoms with van der Waals surface area (Å²) in [5, 5.41) is 15.0. The summed E-state index contributed by atoms with van der Waals surface area (Å²) in [4.78, 5) is 29.5. The Hall–Kier alpha value is -1.34. The second kappa shape index (κ2) is 10.4. The number of hydrogen-bond acceptors (Lipinski definition) is 5. The maximum Gasteiger partial charge on any atom is 0.516 e. The maximum atomic E-state index is 9.21. The van der Waals surface area contributed by atoms with Gasteiger partial charge in [-0.2, -0.15) is 0 Å². The summed E-state index contributed by atoms with van der Waals surface area (Å²) in [6.07, 6.45) is 10.00. The molecule has 0 unspecified atom stereocenters. The van der Waals surface area contributed by atoms with Gasteiger partial charge >= 0.3 is 12.3 Å². The molecule has 2 aliphatic rings. The Kier molecular flexibility index (Phi) is 8.77. The van der Waals surface area contributed by atoms with Crippen molar-refractivity contribution in [3.8, 4) is 0 Å². The Bertz CT molecular complexity index is 276. The lowest BCUT2D eigenvalue weighted by Gasteiger charge is -2.25. The van der Waals surface area contributed by atoms with Crippen LogP contribution in [-0.4, -0.2) is 34.7 Å². The SMILES string of the molecule is C1CCC(OOC2CCCCC2)CC1.O=C(O)OC(=O)O. The van der Waals surface area contributed by atoms with Gasteiger partial charge in [-0.15, -0.1) is 0 Å². The third-order valence-electron chi connectivity index (χ3n) is 3.61. The Morgan fingerprint density at radius 3 is 1.24 bits per heavy atom. The molecule has 2 fully saturated rings. The zero-order valence-electron chi connectivity index (χ0n) is 12.2. The average molecular weight is 304 g/mol. The second-order valence-corrected chi connectivity index (χ2v) is 5.35. The van der Waals surface area contributed by atoms with E-state index in [1.807, 2.05) is 0 Å². The van der Waals surface area contributed by atoms with E-state index in [9.17, 15) is 9.59 Å². The van der Waals surface area contributed by atoms with Crippen molar-refractivity contribution >= 4 is 12.3 Å². The van der Waals surface area contributed by atoms with Crippen LogP contribution in [0.3, 0.4) is 0 Å². The van der Waals surface area contributed by atoms with Gasteiger partial charge in [0, 0.05) is 0 Å². The van der Waals surface area contributed by atoms with E-state index in [2.05, 4.69) is 4.74 Å². The molecule has 2 saturated carbocycles. The van der Waals surface area contributed by atoms with Crippen LogP contribution < -0.4 is 0 Å². The molecule has 0 radical (unpaired) electrons. The molecule has 0 bridgehead atoms. The van der Waals surface area contributed by atoms with Crippen molar-refractivity contribution in [2.24, 2.45) is 0 Å². The van der Waals surface area contributed by atoms with Crippen LogP contribution in [0.4, 0.5) is 9.59 Å². The van der Waals surface area contributed by atoms with Crippen molar-refractivity contribution in [3.05, 3.63) is 0 Å². The van der Waals surface area contributed by atoms with Gasteiger partial charge in [0.15, 0.2) is 0 Å². The first kappa shape index (κ1) is 17.7. The number of hydrogen-bond donors (Lipinski definition) is 2. The number of rotatable bonds is 3. The molecule has 2 aliphatic carbocycles. The topological polar surface area (TPSA) is 102 Å². The molecule has 0 spiro atoms. The highest BCUT2D eigenvalue weighted by Crippen LogP contribution is 2.24. The van der Waals surface area contributed by atoms with Crippen LogP contribution in [-0.2, 0) is 14.5 Å². The molecule has 0 amide bonds. The summed E-state index contributed by atoms with van der Waals surface area (Å²) in [6.45, 7) is 0.